The number of hydrogen-bond acceptors (Lipinski definition) is 11. The summed E-state index contributed by atoms with van der Waals surface area (Å²) in [5, 5.41) is 11.9. The van der Waals surface area contributed by atoms with E-state index < -0.39 is 109 Å². The number of hydrogen-bond donors (Lipinski definition) is 1. The van der Waals surface area contributed by atoms with Gasteiger partial charge in [-0.25, -0.2) is 0 Å². The third-order valence-corrected chi connectivity index (χ3v) is 28.5. The molecular formula is C41H70ClHgNO11Si. The fraction of sp³-hybridized carbons (Fsp3) is 0.902. The number of cyclic esters (lactones) is 1. The van der Waals surface area contributed by atoms with E-state index in [0.717, 1.165) is 6.42 Å². The number of ketones is 2. The van der Waals surface area contributed by atoms with Crippen LogP contribution in [0.15, 0.2) is 0 Å². The number of amides is 1. The van der Waals surface area contributed by atoms with E-state index in [4.69, 9.17) is 36.4 Å². The zero-order valence-electron chi connectivity index (χ0n) is 36.4. The summed E-state index contributed by atoms with van der Waals surface area (Å²) >= 11 is -1.99. The number of fused-ring (bicyclic) bond motifs is 5. The minimum absolute atomic E-state index is 0.0469. The van der Waals surface area contributed by atoms with Crippen molar-refractivity contribution in [3.05, 3.63) is 0 Å². The van der Waals surface area contributed by atoms with Crippen LogP contribution in [0.4, 0.5) is 0 Å². The first kappa shape index (κ1) is 48.2. The summed E-state index contributed by atoms with van der Waals surface area (Å²) in [6.07, 6.45) is 0.375. The Morgan fingerprint density at radius 3 is 2.20 bits per heavy atom. The van der Waals surface area contributed by atoms with Crippen molar-refractivity contribution in [1.82, 2.24) is 4.90 Å². The molecule has 12 nitrogen and oxygen atoms in total. The summed E-state index contributed by atoms with van der Waals surface area (Å²) in [4.78, 5) is 57.4. The van der Waals surface area contributed by atoms with E-state index in [1.54, 1.807) is 21.1 Å². The Kier molecular flexibility index (Phi) is 16.4. The van der Waals surface area contributed by atoms with E-state index in [-0.39, 0.29) is 51.6 Å². The van der Waals surface area contributed by atoms with Crippen molar-refractivity contribution in [2.45, 2.75) is 189 Å². The number of piperidine rings is 1. The van der Waals surface area contributed by atoms with Crippen LogP contribution in [0.5, 0.6) is 0 Å². The van der Waals surface area contributed by atoms with Gasteiger partial charge in [0.15, 0.2) is 0 Å². The quantitative estimate of drug-likeness (QED) is 0.167. The normalized spacial score (nSPS) is 41.1. The van der Waals surface area contributed by atoms with Crippen LogP contribution in [-0.4, -0.2) is 117 Å². The summed E-state index contributed by atoms with van der Waals surface area (Å²) in [5.74, 6) is -6.88. The number of carbonyl (C=O) groups is 4. The van der Waals surface area contributed by atoms with Gasteiger partial charge in [0.25, 0.3) is 0 Å². The summed E-state index contributed by atoms with van der Waals surface area (Å²) in [6.45, 7) is 22.5. The zero-order valence-corrected chi connectivity index (χ0v) is 43.6. The molecule has 4 heterocycles. The molecule has 4 rings (SSSR count). The first-order valence-electron chi connectivity index (χ1n) is 20.9. The Labute approximate surface area is 352 Å². The van der Waals surface area contributed by atoms with Crippen LogP contribution in [0, 0.1) is 23.7 Å². The van der Waals surface area contributed by atoms with Crippen LogP contribution in [0.1, 0.15) is 114 Å². The van der Waals surface area contributed by atoms with Crippen LogP contribution in [0.2, 0.25) is 21.6 Å². The van der Waals surface area contributed by atoms with Gasteiger partial charge >= 0.3 is 348 Å². The molecule has 14 atom stereocenters. The molecule has 4 saturated heterocycles. The Balaban J connectivity index is 1.86. The monoisotopic (exact) mass is 1020 g/mol. The van der Waals surface area contributed by atoms with Crippen LogP contribution < -0.4 is 0 Å². The van der Waals surface area contributed by atoms with Gasteiger partial charge in [-0.2, -0.15) is 0 Å². The Morgan fingerprint density at radius 2 is 1.64 bits per heavy atom. The summed E-state index contributed by atoms with van der Waals surface area (Å²) in [6, 6.07) is -1.13. The number of halogens is 1. The second kappa shape index (κ2) is 19.0. The average Bonchev–Trinajstić information content (AvgIpc) is 3.40. The third kappa shape index (κ3) is 9.98. The molecule has 0 aromatic carbocycles. The van der Waals surface area contributed by atoms with E-state index in [1.165, 1.54) is 11.8 Å². The number of nitrogens with zero attached hydrogens (tertiary/aromatic N) is 1. The maximum atomic E-state index is 14.2. The molecule has 0 aromatic heterocycles. The molecule has 15 heteroatoms. The number of ether oxygens (including phenoxy) is 5. The van der Waals surface area contributed by atoms with Gasteiger partial charge in [-0.05, 0) is 6.42 Å². The molecule has 4 fully saturated rings. The van der Waals surface area contributed by atoms with Gasteiger partial charge in [0.05, 0.1) is 0 Å². The SMILES string of the molecule is CC[C@H]1[C@@H]2C[C@H](O[Si](C)(C)C(C)(C)C)[C@@H](C)[C@@H](C(C)=O)OC(=O)[C@@H]3CCCCN3C(=O)C(=O)[C@]3(O)O[C@H]([C@@H](OC)C[C@@H](C)C[C@](C)(O2)[C@@H]1[Hg][Cl])[C@@H](OC)C[C@H]3C. The van der Waals surface area contributed by atoms with Gasteiger partial charge in [0.2, 0.25) is 0 Å². The molecule has 1 N–H and O–H groups in total. The molecular weight excluding hydrogens is 947 g/mol. The van der Waals surface area contributed by atoms with Gasteiger partial charge in [0.1, 0.15) is 0 Å². The third-order valence-electron chi connectivity index (χ3n) is 14.1. The molecule has 0 aliphatic carbocycles. The van der Waals surface area contributed by atoms with Crippen molar-refractivity contribution < 1.29 is 75.7 Å². The predicted octanol–water partition coefficient (Wildman–Crippen LogP) is 6.64. The number of aliphatic hydroxyl groups is 1. The van der Waals surface area contributed by atoms with E-state index in [1.807, 2.05) is 6.92 Å². The number of rotatable bonds is 7. The van der Waals surface area contributed by atoms with Crippen molar-refractivity contribution in [1.29, 1.82) is 0 Å². The fourth-order valence-corrected chi connectivity index (χ4v) is 21.6. The van der Waals surface area contributed by atoms with Crippen molar-refractivity contribution in [2.75, 3.05) is 20.8 Å². The number of methoxy groups -OCH3 is 2. The molecule has 0 unspecified atom stereocenters. The van der Waals surface area contributed by atoms with Crippen LogP contribution in [0.3, 0.4) is 0 Å². The number of carbonyl (C=O) groups excluding carboxylic acids is 4. The second-order valence-corrected chi connectivity index (χ2v) is 31.2. The Hall–Kier alpha value is -0.518. The standard InChI is InChI=1S/C41H70NO11Si.ClH.Hg/c1-14-28-23-40(9)22-24(2)19-32(48-10)35-33(49-11)20-25(3)41(47,52-35)36(44)37(45)42-18-16-15-17-29(42)38(46)50-34(27(5)43)26(4)30(21-31(28)51-40)53-54(12,13)39(6,7)8;;/h23-26,28-35,47H,14-22H2,1-13H3;1H;/q;;+1/p-1/t24-,25-,26-,28-,29+,30+,31+,32+,33+,34+,35-,40+,41-;;/m1../s1. The van der Waals surface area contributed by atoms with Gasteiger partial charge in [-0.15, -0.1) is 0 Å². The molecule has 4 aliphatic heterocycles. The Morgan fingerprint density at radius 1 is 1.02 bits per heavy atom. The molecule has 0 aromatic rings. The molecule has 4 bridgehead atoms. The molecule has 0 spiro atoms. The fourth-order valence-electron chi connectivity index (χ4n) is 9.70. The number of esters is 1. The van der Waals surface area contributed by atoms with Crippen LogP contribution >= 0.6 is 8.25 Å². The summed E-state index contributed by atoms with van der Waals surface area (Å²) in [7, 11) is 7.75. The Bertz CT molecular complexity index is 1420. The molecule has 318 valence electrons. The van der Waals surface area contributed by atoms with Crippen molar-refractivity contribution in [3.63, 3.8) is 0 Å². The van der Waals surface area contributed by atoms with E-state index >= 15 is 0 Å². The minimum atomic E-state index is -2.49. The topological polar surface area (TPSA) is 147 Å². The number of Topliss-reactive ketones (excluding diaryl/α,β-unsaturated/α-hetero) is 2. The molecule has 1 amide bonds. The zero-order chi connectivity index (χ0) is 42.1. The molecule has 4 aliphatic rings. The van der Waals surface area contributed by atoms with Gasteiger partial charge in [-0.1, -0.05) is 0 Å². The van der Waals surface area contributed by atoms with E-state index in [0.29, 0.717) is 32.1 Å². The van der Waals surface area contributed by atoms with Crippen LogP contribution in [0.25, 0.3) is 0 Å². The molecule has 0 saturated carbocycles. The molecule has 56 heavy (non-hydrogen) atoms. The van der Waals surface area contributed by atoms with E-state index in [2.05, 4.69) is 54.6 Å². The van der Waals surface area contributed by atoms with E-state index in [9.17, 15) is 24.3 Å². The van der Waals surface area contributed by atoms with Gasteiger partial charge < -0.3 is 0 Å². The van der Waals surface area contributed by atoms with Gasteiger partial charge in [-0.3, -0.25) is 0 Å². The first-order chi connectivity index (χ1) is 26.0. The van der Waals surface area contributed by atoms with Crippen molar-refractivity contribution in [2.24, 2.45) is 23.7 Å². The molecule has 0 radical (unpaired) electrons. The van der Waals surface area contributed by atoms with Crippen molar-refractivity contribution >= 4 is 40.0 Å². The average molecular weight is 1020 g/mol. The predicted molar refractivity (Wildman–Crippen MR) is 211 cm³/mol. The van der Waals surface area contributed by atoms with Crippen LogP contribution in [-0.2, 0) is 70.6 Å². The second-order valence-electron chi connectivity index (χ2n) is 19.1. The maximum absolute atomic E-state index is 14.2. The summed E-state index contributed by atoms with van der Waals surface area (Å²) in [5.41, 5.74) is -0.527. The first-order valence-corrected chi connectivity index (χ1v) is 33.8. The van der Waals surface area contributed by atoms with Gasteiger partial charge in [0, 0.05) is 0 Å². The summed E-state index contributed by atoms with van der Waals surface area (Å²) < 4.78 is 39.0. The van der Waals surface area contributed by atoms with Crippen molar-refractivity contribution in [3.8, 4) is 0 Å².